The van der Waals surface area contributed by atoms with Crippen LogP contribution < -0.4 is 0 Å². The molecule has 0 heterocycles. The molecule has 0 radical (unpaired) electrons. The maximum absolute atomic E-state index is 11.4. The average molecular weight is 213 g/mol. The summed E-state index contributed by atoms with van der Waals surface area (Å²) in [5.74, 6) is -0.305. The second-order valence-electron chi connectivity index (χ2n) is 3.97. The van der Waals surface area contributed by atoms with Crippen molar-refractivity contribution in [3.8, 4) is 0 Å². The molecule has 0 aromatic carbocycles. The number of carbonyl (C=O) groups is 1. The lowest BCUT2D eigenvalue weighted by molar-refractivity contribution is -0.156. The smallest absolute Gasteiger partial charge is 0.334 e. The first-order valence-corrected chi connectivity index (χ1v) is 5.56. The topological polar surface area (TPSA) is 29.5 Å². The Bertz CT molecular complexity index is 224. The van der Waals surface area contributed by atoms with E-state index in [1.165, 1.54) is 0 Å². The van der Waals surface area contributed by atoms with Crippen LogP contribution in [-0.4, -0.2) is 29.7 Å². The summed E-state index contributed by atoms with van der Waals surface area (Å²) in [6.45, 7) is 14.4. The molecular weight excluding hydrogens is 190 g/mol. The summed E-state index contributed by atoms with van der Waals surface area (Å²) in [5, 5.41) is 0. The van der Waals surface area contributed by atoms with Crippen molar-refractivity contribution in [2.45, 2.75) is 53.3 Å². The quantitative estimate of drug-likeness (QED) is 0.386. The van der Waals surface area contributed by atoms with Crippen LogP contribution in [0.25, 0.3) is 0 Å². The number of esters is 1. The Hall–Kier alpha value is -0.830. The first kappa shape index (κ1) is 14.2. The van der Waals surface area contributed by atoms with Crippen LogP contribution in [0.2, 0.25) is 0 Å². The predicted molar refractivity (Wildman–Crippen MR) is 62.5 cm³/mol. The van der Waals surface area contributed by atoms with Gasteiger partial charge in [-0.15, -0.1) is 0 Å². The standard InChI is InChI=1S/C12H23NO2/c1-7-11(13(8-2)10(5)6)15-12(14)9(3)4/h10-11H,3,7-8H2,1-2,4-6H3. The molecule has 0 bridgehead atoms. The van der Waals surface area contributed by atoms with Crippen molar-refractivity contribution >= 4 is 5.97 Å². The van der Waals surface area contributed by atoms with Gasteiger partial charge in [-0.1, -0.05) is 20.4 Å². The first-order valence-electron chi connectivity index (χ1n) is 5.56. The van der Waals surface area contributed by atoms with Crippen molar-refractivity contribution in [2.75, 3.05) is 6.54 Å². The van der Waals surface area contributed by atoms with Crippen LogP contribution in [-0.2, 0) is 9.53 Å². The Morgan fingerprint density at radius 2 is 1.93 bits per heavy atom. The third-order valence-corrected chi connectivity index (χ3v) is 2.34. The number of ether oxygens (including phenoxy) is 1. The lowest BCUT2D eigenvalue weighted by atomic mass is 10.2. The maximum atomic E-state index is 11.4. The lowest BCUT2D eigenvalue weighted by Crippen LogP contribution is -2.42. The highest BCUT2D eigenvalue weighted by molar-refractivity contribution is 5.87. The molecule has 15 heavy (non-hydrogen) atoms. The number of carbonyl (C=O) groups excluding carboxylic acids is 1. The monoisotopic (exact) mass is 213 g/mol. The second kappa shape index (κ2) is 6.62. The zero-order chi connectivity index (χ0) is 12.0. The molecule has 0 saturated carbocycles. The zero-order valence-corrected chi connectivity index (χ0v) is 10.5. The summed E-state index contributed by atoms with van der Waals surface area (Å²) in [6.07, 6.45) is 0.657. The molecule has 1 unspecified atom stereocenters. The Morgan fingerprint density at radius 3 is 2.20 bits per heavy atom. The minimum Gasteiger partial charge on any atom is -0.443 e. The molecule has 0 spiro atoms. The fourth-order valence-electron chi connectivity index (χ4n) is 1.51. The van der Waals surface area contributed by atoms with Gasteiger partial charge in [0.1, 0.15) is 0 Å². The van der Waals surface area contributed by atoms with E-state index in [1.54, 1.807) is 6.92 Å². The molecule has 0 amide bonds. The summed E-state index contributed by atoms with van der Waals surface area (Å²) < 4.78 is 5.36. The molecule has 3 nitrogen and oxygen atoms in total. The van der Waals surface area contributed by atoms with Gasteiger partial charge in [0.05, 0.1) is 0 Å². The van der Waals surface area contributed by atoms with E-state index in [9.17, 15) is 4.79 Å². The van der Waals surface area contributed by atoms with Crippen LogP contribution in [0.1, 0.15) is 41.0 Å². The van der Waals surface area contributed by atoms with Crippen molar-refractivity contribution in [3.05, 3.63) is 12.2 Å². The molecule has 0 saturated heterocycles. The van der Waals surface area contributed by atoms with E-state index in [0.717, 1.165) is 13.0 Å². The van der Waals surface area contributed by atoms with Crippen LogP contribution in [0.15, 0.2) is 12.2 Å². The van der Waals surface area contributed by atoms with E-state index in [0.29, 0.717) is 11.6 Å². The van der Waals surface area contributed by atoms with Crippen LogP contribution in [0, 0.1) is 0 Å². The molecule has 0 aliphatic heterocycles. The van der Waals surface area contributed by atoms with E-state index in [2.05, 4.69) is 32.3 Å². The minimum atomic E-state index is -0.305. The fraction of sp³-hybridized carbons (Fsp3) is 0.750. The second-order valence-corrected chi connectivity index (χ2v) is 3.97. The molecule has 0 N–H and O–H groups in total. The Balaban J connectivity index is 4.46. The van der Waals surface area contributed by atoms with Crippen molar-refractivity contribution < 1.29 is 9.53 Å². The number of nitrogens with zero attached hydrogens (tertiary/aromatic N) is 1. The fourth-order valence-corrected chi connectivity index (χ4v) is 1.51. The van der Waals surface area contributed by atoms with Gasteiger partial charge in [0.2, 0.25) is 0 Å². The Kier molecular flexibility index (Phi) is 6.25. The average Bonchev–Trinajstić information content (AvgIpc) is 2.16. The van der Waals surface area contributed by atoms with Gasteiger partial charge < -0.3 is 4.74 Å². The van der Waals surface area contributed by atoms with Gasteiger partial charge in [0.25, 0.3) is 0 Å². The number of hydrogen-bond acceptors (Lipinski definition) is 3. The third kappa shape index (κ3) is 4.47. The van der Waals surface area contributed by atoms with Gasteiger partial charge in [-0.05, 0) is 33.7 Å². The van der Waals surface area contributed by atoms with Gasteiger partial charge in [-0.25, -0.2) is 4.79 Å². The highest BCUT2D eigenvalue weighted by Crippen LogP contribution is 2.11. The summed E-state index contributed by atoms with van der Waals surface area (Å²) in [6, 6.07) is 0.373. The van der Waals surface area contributed by atoms with E-state index in [-0.39, 0.29) is 12.2 Å². The Labute approximate surface area is 93.1 Å². The maximum Gasteiger partial charge on any atom is 0.334 e. The molecule has 0 fully saturated rings. The highest BCUT2D eigenvalue weighted by atomic mass is 16.6. The van der Waals surface area contributed by atoms with Crippen LogP contribution in [0.4, 0.5) is 0 Å². The third-order valence-electron chi connectivity index (χ3n) is 2.34. The molecule has 0 aromatic rings. The lowest BCUT2D eigenvalue weighted by Gasteiger charge is -2.32. The van der Waals surface area contributed by atoms with Crippen molar-refractivity contribution in [3.63, 3.8) is 0 Å². The molecular formula is C12H23NO2. The van der Waals surface area contributed by atoms with Gasteiger partial charge >= 0.3 is 5.97 Å². The Morgan fingerprint density at radius 1 is 1.40 bits per heavy atom. The molecule has 88 valence electrons. The van der Waals surface area contributed by atoms with Crippen molar-refractivity contribution in [1.29, 1.82) is 0 Å². The molecule has 3 heteroatoms. The summed E-state index contributed by atoms with van der Waals surface area (Å²) in [5.41, 5.74) is 0.452. The van der Waals surface area contributed by atoms with E-state index in [1.807, 2.05) is 6.92 Å². The van der Waals surface area contributed by atoms with Crippen LogP contribution >= 0.6 is 0 Å². The molecule has 0 aliphatic rings. The van der Waals surface area contributed by atoms with Crippen molar-refractivity contribution in [2.24, 2.45) is 0 Å². The van der Waals surface area contributed by atoms with Crippen LogP contribution in [0.5, 0.6) is 0 Å². The molecule has 0 aliphatic carbocycles. The molecule has 1 atom stereocenters. The first-order chi connectivity index (χ1) is 6.93. The van der Waals surface area contributed by atoms with E-state index < -0.39 is 0 Å². The summed E-state index contributed by atoms with van der Waals surface area (Å²) >= 11 is 0. The van der Waals surface area contributed by atoms with Gasteiger partial charge in [0, 0.05) is 11.6 Å². The normalized spacial score (nSPS) is 13.0. The molecule has 0 rings (SSSR count). The van der Waals surface area contributed by atoms with Crippen LogP contribution in [0.3, 0.4) is 0 Å². The minimum absolute atomic E-state index is 0.140. The highest BCUT2D eigenvalue weighted by Gasteiger charge is 2.21. The van der Waals surface area contributed by atoms with Gasteiger partial charge in [-0.2, -0.15) is 0 Å². The van der Waals surface area contributed by atoms with E-state index in [4.69, 9.17) is 4.74 Å². The summed E-state index contributed by atoms with van der Waals surface area (Å²) in [7, 11) is 0. The van der Waals surface area contributed by atoms with Gasteiger partial charge in [-0.3, -0.25) is 4.90 Å². The zero-order valence-electron chi connectivity index (χ0n) is 10.5. The largest absolute Gasteiger partial charge is 0.443 e. The van der Waals surface area contributed by atoms with Crippen molar-refractivity contribution in [1.82, 2.24) is 4.90 Å². The number of rotatable bonds is 6. The number of hydrogen-bond donors (Lipinski definition) is 0. The molecule has 0 aromatic heterocycles. The SMILES string of the molecule is C=C(C)C(=O)OC(CC)N(CC)C(C)C. The summed E-state index contributed by atoms with van der Waals surface area (Å²) in [4.78, 5) is 13.6. The van der Waals surface area contributed by atoms with E-state index >= 15 is 0 Å². The van der Waals surface area contributed by atoms with Gasteiger partial charge in [0.15, 0.2) is 6.23 Å². The predicted octanol–water partition coefficient (Wildman–Crippen LogP) is 2.57.